The summed E-state index contributed by atoms with van der Waals surface area (Å²) in [6.45, 7) is 7.54. The van der Waals surface area contributed by atoms with Crippen molar-refractivity contribution in [2.75, 3.05) is 12.0 Å². The third-order valence-electron chi connectivity index (χ3n) is 3.75. The third kappa shape index (κ3) is 3.79. The number of rotatable bonds is 4. The van der Waals surface area contributed by atoms with Gasteiger partial charge in [0.25, 0.3) is 5.91 Å². The van der Waals surface area contributed by atoms with Crippen LogP contribution in [0.1, 0.15) is 18.1 Å². The molecule has 1 aliphatic rings. The summed E-state index contributed by atoms with van der Waals surface area (Å²) < 4.78 is 5.81. The van der Waals surface area contributed by atoms with Crippen LogP contribution in [-0.2, 0) is 17.9 Å². The minimum absolute atomic E-state index is 0.164. The van der Waals surface area contributed by atoms with Crippen LogP contribution >= 0.6 is 0 Å². The molecule has 3 rings (SSSR count). The van der Waals surface area contributed by atoms with Crippen LogP contribution in [0.4, 0.5) is 5.69 Å². The second kappa shape index (κ2) is 6.67. The molecule has 118 valence electrons. The SMILES string of the molecule is C=C(C)C(=O)Nc1ccc2c(c1)CN(Cc1ccccc1)CO2. The van der Waals surface area contributed by atoms with Gasteiger partial charge in [0, 0.05) is 29.9 Å². The minimum Gasteiger partial charge on any atom is -0.478 e. The van der Waals surface area contributed by atoms with E-state index in [-0.39, 0.29) is 5.91 Å². The summed E-state index contributed by atoms with van der Waals surface area (Å²) >= 11 is 0. The van der Waals surface area contributed by atoms with Crippen molar-refractivity contribution < 1.29 is 9.53 Å². The van der Waals surface area contributed by atoms with Crippen LogP contribution in [0.15, 0.2) is 60.7 Å². The molecular weight excluding hydrogens is 288 g/mol. The molecule has 23 heavy (non-hydrogen) atoms. The molecule has 0 atom stereocenters. The Balaban J connectivity index is 1.71. The van der Waals surface area contributed by atoms with Gasteiger partial charge >= 0.3 is 0 Å². The van der Waals surface area contributed by atoms with E-state index in [0.29, 0.717) is 12.3 Å². The molecule has 4 nitrogen and oxygen atoms in total. The third-order valence-corrected chi connectivity index (χ3v) is 3.75. The molecule has 2 aromatic carbocycles. The van der Waals surface area contributed by atoms with Gasteiger partial charge < -0.3 is 10.1 Å². The smallest absolute Gasteiger partial charge is 0.250 e. The molecular formula is C19H20N2O2. The number of amides is 1. The lowest BCUT2D eigenvalue weighted by Gasteiger charge is -2.29. The fourth-order valence-electron chi connectivity index (χ4n) is 2.55. The number of anilines is 1. The molecule has 0 fully saturated rings. The number of carbonyl (C=O) groups is 1. The molecule has 0 aliphatic carbocycles. The van der Waals surface area contributed by atoms with E-state index in [2.05, 4.69) is 28.9 Å². The van der Waals surface area contributed by atoms with E-state index in [1.54, 1.807) is 6.92 Å². The number of carbonyl (C=O) groups excluding carboxylic acids is 1. The number of nitrogens with one attached hydrogen (secondary N) is 1. The average molecular weight is 308 g/mol. The summed E-state index contributed by atoms with van der Waals surface area (Å²) in [5, 5.41) is 2.84. The Labute approximate surface area is 136 Å². The predicted molar refractivity (Wildman–Crippen MR) is 91.1 cm³/mol. The highest BCUT2D eigenvalue weighted by molar-refractivity contribution is 6.02. The maximum Gasteiger partial charge on any atom is 0.250 e. The number of hydrogen-bond acceptors (Lipinski definition) is 3. The highest BCUT2D eigenvalue weighted by Crippen LogP contribution is 2.28. The van der Waals surface area contributed by atoms with Gasteiger partial charge in [-0.15, -0.1) is 0 Å². The molecule has 0 radical (unpaired) electrons. The number of hydrogen-bond donors (Lipinski definition) is 1. The van der Waals surface area contributed by atoms with Crippen molar-refractivity contribution in [3.05, 3.63) is 71.8 Å². The molecule has 0 saturated heterocycles. The maximum atomic E-state index is 11.7. The Morgan fingerprint density at radius 3 is 2.78 bits per heavy atom. The first kappa shape index (κ1) is 15.3. The molecule has 0 saturated carbocycles. The van der Waals surface area contributed by atoms with Crippen LogP contribution in [-0.4, -0.2) is 17.5 Å². The van der Waals surface area contributed by atoms with Crippen LogP contribution in [0.25, 0.3) is 0 Å². The summed E-state index contributed by atoms with van der Waals surface area (Å²) in [6, 6.07) is 16.0. The second-order valence-corrected chi connectivity index (χ2v) is 5.80. The highest BCUT2D eigenvalue weighted by atomic mass is 16.5. The molecule has 1 N–H and O–H groups in total. The van der Waals surface area contributed by atoms with Crippen molar-refractivity contribution in [3.63, 3.8) is 0 Å². The number of ether oxygens (including phenoxy) is 1. The predicted octanol–water partition coefficient (Wildman–Crippen LogP) is 3.55. The summed E-state index contributed by atoms with van der Waals surface area (Å²) in [7, 11) is 0. The molecule has 0 aromatic heterocycles. The largest absolute Gasteiger partial charge is 0.478 e. The molecule has 2 aromatic rings. The van der Waals surface area contributed by atoms with E-state index in [4.69, 9.17) is 4.74 Å². The summed E-state index contributed by atoms with van der Waals surface area (Å²) in [6.07, 6.45) is 0. The normalized spacial score (nSPS) is 13.8. The fraction of sp³-hybridized carbons (Fsp3) is 0.211. The van der Waals surface area contributed by atoms with Gasteiger partial charge in [0.15, 0.2) is 0 Å². The first-order valence-electron chi connectivity index (χ1n) is 7.60. The van der Waals surface area contributed by atoms with E-state index in [1.807, 2.05) is 36.4 Å². The second-order valence-electron chi connectivity index (χ2n) is 5.80. The van der Waals surface area contributed by atoms with Crippen molar-refractivity contribution in [1.82, 2.24) is 4.90 Å². The van der Waals surface area contributed by atoms with Crippen LogP contribution in [0.2, 0.25) is 0 Å². The molecule has 0 bridgehead atoms. The lowest BCUT2D eigenvalue weighted by Crippen LogP contribution is -2.31. The lowest BCUT2D eigenvalue weighted by atomic mass is 10.1. The van der Waals surface area contributed by atoms with E-state index in [0.717, 1.165) is 30.1 Å². The first-order valence-corrected chi connectivity index (χ1v) is 7.60. The molecule has 4 heteroatoms. The minimum atomic E-state index is -0.164. The van der Waals surface area contributed by atoms with Crippen molar-refractivity contribution in [3.8, 4) is 5.75 Å². The maximum absolute atomic E-state index is 11.7. The van der Waals surface area contributed by atoms with E-state index >= 15 is 0 Å². The molecule has 1 amide bonds. The Morgan fingerprint density at radius 1 is 1.26 bits per heavy atom. The van der Waals surface area contributed by atoms with Gasteiger partial charge in [0.05, 0.1) is 0 Å². The van der Waals surface area contributed by atoms with Crippen molar-refractivity contribution in [2.45, 2.75) is 20.0 Å². The van der Waals surface area contributed by atoms with Crippen molar-refractivity contribution in [2.24, 2.45) is 0 Å². The number of benzene rings is 2. The van der Waals surface area contributed by atoms with Crippen LogP contribution < -0.4 is 10.1 Å². The number of nitrogens with zero attached hydrogens (tertiary/aromatic N) is 1. The number of fused-ring (bicyclic) bond motifs is 1. The van der Waals surface area contributed by atoms with E-state index < -0.39 is 0 Å². The van der Waals surface area contributed by atoms with Gasteiger partial charge in [-0.2, -0.15) is 0 Å². The van der Waals surface area contributed by atoms with E-state index in [1.165, 1.54) is 5.56 Å². The van der Waals surface area contributed by atoms with Gasteiger partial charge in [-0.1, -0.05) is 36.9 Å². The Kier molecular flexibility index (Phi) is 4.44. The first-order chi connectivity index (χ1) is 11.1. The van der Waals surface area contributed by atoms with Gasteiger partial charge in [-0.3, -0.25) is 9.69 Å². The Hall–Kier alpha value is -2.59. The monoisotopic (exact) mass is 308 g/mol. The van der Waals surface area contributed by atoms with Crippen molar-refractivity contribution in [1.29, 1.82) is 0 Å². The zero-order valence-electron chi connectivity index (χ0n) is 13.2. The van der Waals surface area contributed by atoms with Gasteiger partial charge in [-0.25, -0.2) is 0 Å². The molecule has 1 heterocycles. The lowest BCUT2D eigenvalue weighted by molar-refractivity contribution is -0.112. The highest BCUT2D eigenvalue weighted by Gasteiger charge is 2.18. The van der Waals surface area contributed by atoms with Crippen molar-refractivity contribution >= 4 is 11.6 Å². The molecule has 0 spiro atoms. The standard InChI is InChI=1S/C19H20N2O2/c1-14(2)19(22)20-17-8-9-18-16(10-17)12-21(13-23-18)11-15-6-4-3-5-7-15/h3-10H,1,11-13H2,2H3,(H,20,22). The molecule has 1 aliphatic heterocycles. The topological polar surface area (TPSA) is 41.6 Å². The van der Waals surface area contributed by atoms with Crippen LogP contribution in [0.5, 0.6) is 5.75 Å². The van der Waals surface area contributed by atoms with Gasteiger partial charge in [-0.05, 0) is 30.7 Å². The molecule has 0 unspecified atom stereocenters. The van der Waals surface area contributed by atoms with E-state index in [9.17, 15) is 4.79 Å². The van der Waals surface area contributed by atoms with Gasteiger partial charge in [0.1, 0.15) is 12.5 Å². The van der Waals surface area contributed by atoms with Crippen LogP contribution in [0.3, 0.4) is 0 Å². The van der Waals surface area contributed by atoms with Gasteiger partial charge in [0.2, 0.25) is 0 Å². The zero-order valence-corrected chi connectivity index (χ0v) is 13.2. The fourth-order valence-corrected chi connectivity index (χ4v) is 2.55. The van der Waals surface area contributed by atoms with Crippen LogP contribution in [0, 0.1) is 0 Å². The summed E-state index contributed by atoms with van der Waals surface area (Å²) in [5.41, 5.74) is 3.59. The average Bonchev–Trinajstić information content (AvgIpc) is 2.55. The zero-order chi connectivity index (χ0) is 16.2. The quantitative estimate of drug-likeness (QED) is 0.878. The summed E-state index contributed by atoms with van der Waals surface area (Å²) in [5.74, 6) is 0.713. The summed E-state index contributed by atoms with van der Waals surface area (Å²) in [4.78, 5) is 14.0. The Morgan fingerprint density at radius 2 is 2.04 bits per heavy atom. The Bertz CT molecular complexity index is 725.